The summed E-state index contributed by atoms with van der Waals surface area (Å²) in [4.78, 5) is 2.15. The molecular formula is C21H18BrClN2. The van der Waals surface area contributed by atoms with Crippen LogP contribution in [-0.4, -0.2) is 12.4 Å². The van der Waals surface area contributed by atoms with E-state index in [-0.39, 0.29) is 0 Å². The zero-order valence-corrected chi connectivity index (χ0v) is 16.2. The molecule has 0 aromatic heterocycles. The van der Waals surface area contributed by atoms with Crippen LogP contribution in [-0.2, 0) is 6.42 Å². The number of halogens is 2. The summed E-state index contributed by atoms with van der Waals surface area (Å²) in [5.41, 5.74) is 3.62. The Labute approximate surface area is 161 Å². The molecule has 0 bridgehead atoms. The van der Waals surface area contributed by atoms with E-state index in [0.717, 1.165) is 27.3 Å². The zero-order valence-electron chi connectivity index (χ0n) is 13.9. The van der Waals surface area contributed by atoms with E-state index in [1.807, 2.05) is 24.3 Å². The van der Waals surface area contributed by atoms with Crippen molar-refractivity contribution >= 4 is 49.8 Å². The third-order valence-electron chi connectivity index (χ3n) is 4.88. The molecule has 1 N–H and O–H groups in total. The third kappa shape index (κ3) is 2.96. The van der Waals surface area contributed by atoms with Crippen LogP contribution >= 0.6 is 27.5 Å². The molecule has 25 heavy (non-hydrogen) atoms. The lowest BCUT2D eigenvalue weighted by Gasteiger charge is -2.21. The summed E-state index contributed by atoms with van der Waals surface area (Å²) in [7, 11) is 0. The lowest BCUT2D eigenvalue weighted by molar-refractivity contribution is 0.820. The molecule has 1 heterocycles. The van der Waals surface area contributed by atoms with Crippen molar-refractivity contribution in [2.24, 2.45) is 0 Å². The first-order valence-corrected chi connectivity index (χ1v) is 9.52. The highest BCUT2D eigenvalue weighted by atomic mass is 79.9. The van der Waals surface area contributed by atoms with Crippen LogP contribution in [0.2, 0.25) is 5.02 Å². The van der Waals surface area contributed by atoms with Crippen molar-refractivity contribution in [3.63, 3.8) is 0 Å². The van der Waals surface area contributed by atoms with Crippen molar-refractivity contribution in [3.8, 4) is 0 Å². The van der Waals surface area contributed by atoms with Crippen molar-refractivity contribution in [1.82, 2.24) is 0 Å². The summed E-state index contributed by atoms with van der Waals surface area (Å²) in [6.07, 6.45) is 0.611. The van der Waals surface area contributed by atoms with Gasteiger partial charge in [-0.2, -0.15) is 0 Å². The molecule has 0 radical (unpaired) electrons. The molecule has 0 spiro atoms. The van der Waals surface area contributed by atoms with Crippen molar-refractivity contribution in [3.05, 3.63) is 75.2 Å². The second kappa shape index (κ2) is 6.47. The number of benzene rings is 3. The summed E-state index contributed by atoms with van der Waals surface area (Å²) in [5, 5.41) is 11.9. The Bertz CT molecular complexity index is 966. The maximum absolute atomic E-state index is 8.63. The van der Waals surface area contributed by atoms with Gasteiger partial charge >= 0.3 is 0 Å². The van der Waals surface area contributed by atoms with Crippen LogP contribution in [0.25, 0.3) is 10.8 Å². The SMILES string of the molecule is CC1CN(C(=N)Cc2ccc(Cl)cc2)c2ccc3c(Br)cccc3c21. The highest BCUT2D eigenvalue weighted by molar-refractivity contribution is 9.10. The molecule has 0 amide bonds. The van der Waals surface area contributed by atoms with Gasteiger partial charge in [0, 0.05) is 34.1 Å². The Morgan fingerprint density at radius 1 is 1.12 bits per heavy atom. The minimum absolute atomic E-state index is 0.401. The van der Waals surface area contributed by atoms with Gasteiger partial charge in [-0.3, -0.25) is 5.41 Å². The Morgan fingerprint density at radius 3 is 2.64 bits per heavy atom. The quantitative estimate of drug-likeness (QED) is 0.382. The first-order chi connectivity index (χ1) is 12.0. The standard InChI is InChI=1S/C21H18BrClN2/c1-13-12-25(20(24)11-14-5-7-15(23)8-6-14)19-10-9-16-17(21(13)19)3-2-4-18(16)22/h2-10,13,24H,11-12H2,1H3. The summed E-state index contributed by atoms with van der Waals surface area (Å²) in [6.45, 7) is 3.10. The molecule has 2 nitrogen and oxygen atoms in total. The van der Waals surface area contributed by atoms with E-state index in [1.165, 1.54) is 16.3 Å². The molecule has 3 aromatic rings. The number of anilines is 1. The lowest BCUT2D eigenvalue weighted by atomic mass is 9.96. The fourth-order valence-corrected chi connectivity index (χ4v) is 4.32. The number of nitrogens with zero attached hydrogens (tertiary/aromatic N) is 1. The van der Waals surface area contributed by atoms with Gasteiger partial charge < -0.3 is 4.90 Å². The maximum Gasteiger partial charge on any atom is 0.105 e. The van der Waals surface area contributed by atoms with E-state index in [2.05, 4.69) is 58.1 Å². The predicted molar refractivity (Wildman–Crippen MR) is 110 cm³/mol. The molecule has 1 aliphatic rings. The summed E-state index contributed by atoms with van der Waals surface area (Å²) >= 11 is 9.61. The van der Waals surface area contributed by atoms with Gasteiger partial charge in [0.25, 0.3) is 0 Å². The van der Waals surface area contributed by atoms with Gasteiger partial charge in [-0.25, -0.2) is 0 Å². The minimum atomic E-state index is 0.401. The molecule has 1 aliphatic heterocycles. The summed E-state index contributed by atoms with van der Waals surface area (Å²) in [6, 6.07) is 18.4. The van der Waals surface area contributed by atoms with Gasteiger partial charge in [0.05, 0.1) is 0 Å². The summed E-state index contributed by atoms with van der Waals surface area (Å²) in [5.74, 6) is 1.03. The molecule has 1 unspecified atom stereocenters. The smallest absolute Gasteiger partial charge is 0.105 e. The van der Waals surface area contributed by atoms with Crippen LogP contribution in [0.4, 0.5) is 5.69 Å². The second-order valence-electron chi connectivity index (χ2n) is 6.59. The minimum Gasteiger partial charge on any atom is -0.329 e. The number of amidine groups is 1. The van der Waals surface area contributed by atoms with E-state index < -0.39 is 0 Å². The number of rotatable bonds is 2. The average molecular weight is 414 g/mol. The van der Waals surface area contributed by atoms with Gasteiger partial charge in [0.15, 0.2) is 0 Å². The fraction of sp³-hybridized carbons (Fsp3) is 0.190. The number of nitrogens with one attached hydrogen (secondary N) is 1. The molecule has 0 aliphatic carbocycles. The Balaban J connectivity index is 1.70. The topological polar surface area (TPSA) is 27.1 Å². The number of hydrogen-bond donors (Lipinski definition) is 1. The fourth-order valence-electron chi connectivity index (χ4n) is 3.69. The molecule has 4 heteroatoms. The van der Waals surface area contributed by atoms with Crippen LogP contribution in [0.3, 0.4) is 0 Å². The molecule has 3 aromatic carbocycles. The second-order valence-corrected chi connectivity index (χ2v) is 7.89. The van der Waals surface area contributed by atoms with Crippen LogP contribution in [0.1, 0.15) is 24.0 Å². The molecule has 126 valence electrons. The van der Waals surface area contributed by atoms with Gasteiger partial charge in [-0.1, -0.05) is 64.8 Å². The summed E-state index contributed by atoms with van der Waals surface area (Å²) < 4.78 is 1.12. The van der Waals surface area contributed by atoms with E-state index in [4.69, 9.17) is 17.0 Å². The van der Waals surface area contributed by atoms with Gasteiger partial charge in [-0.15, -0.1) is 0 Å². The molecule has 0 saturated carbocycles. The van der Waals surface area contributed by atoms with Crippen LogP contribution in [0, 0.1) is 5.41 Å². The molecule has 4 rings (SSSR count). The van der Waals surface area contributed by atoms with Gasteiger partial charge in [0.2, 0.25) is 0 Å². The molecule has 0 saturated heterocycles. The van der Waals surface area contributed by atoms with Crippen LogP contribution in [0.5, 0.6) is 0 Å². The van der Waals surface area contributed by atoms with Gasteiger partial charge in [0.1, 0.15) is 5.84 Å². The average Bonchev–Trinajstić information content (AvgIpc) is 2.95. The van der Waals surface area contributed by atoms with Crippen molar-refractivity contribution in [2.45, 2.75) is 19.3 Å². The lowest BCUT2D eigenvalue weighted by Crippen LogP contribution is -2.30. The Morgan fingerprint density at radius 2 is 1.88 bits per heavy atom. The zero-order chi connectivity index (χ0) is 17.6. The van der Waals surface area contributed by atoms with E-state index in [1.54, 1.807) is 0 Å². The third-order valence-corrected chi connectivity index (χ3v) is 5.82. The molecule has 0 fully saturated rings. The largest absolute Gasteiger partial charge is 0.329 e. The molecular weight excluding hydrogens is 396 g/mol. The highest BCUT2D eigenvalue weighted by Gasteiger charge is 2.29. The number of hydrogen-bond acceptors (Lipinski definition) is 1. The first kappa shape index (κ1) is 16.6. The van der Waals surface area contributed by atoms with E-state index in [9.17, 15) is 0 Å². The normalized spacial score (nSPS) is 16.3. The van der Waals surface area contributed by atoms with Crippen molar-refractivity contribution in [2.75, 3.05) is 11.4 Å². The highest BCUT2D eigenvalue weighted by Crippen LogP contribution is 2.42. The Kier molecular flexibility index (Phi) is 4.30. The number of fused-ring (bicyclic) bond motifs is 3. The van der Waals surface area contributed by atoms with Crippen molar-refractivity contribution in [1.29, 1.82) is 5.41 Å². The van der Waals surface area contributed by atoms with E-state index >= 15 is 0 Å². The van der Waals surface area contributed by atoms with Crippen molar-refractivity contribution < 1.29 is 0 Å². The van der Waals surface area contributed by atoms with Crippen LogP contribution in [0.15, 0.2) is 59.1 Å². The van der Waals surface area contributed by atoms with Gasteiger partial charge in [-0.05, 0) is 46.2 Å². The molecule has 1 atom stereocenters. The monoisotopic (exact) mass is 412 g/mol. The van der Waals surface area contributed by atoms with Crippen LogP contribution < -0.4 is 4.90 Å². The first-order valence-electron chi connectivity index (χ1n) is 8.35. The predicted octanol–water partition coefficient (Wildman–Crippen LogP) is 6.40. The van der Waals surface area contributed by atoms with E-state index in [0.29, 0.717) is 18.2 Å². The Hall–Kier alpha value is -1.84. The maximum atomic E-state index is 8.63.